The minimum absolute atomic E-state index is 0.0659. The van der Waals surface area contributed by atoms with Crippen LogP contribution < -0.4 is 5.32 Å². The summed E-state index contributed by atoms with van der Waals surface area (Å²) in [6.45, 7) is 2.99. The molecule has 1 N–H and O–H groups in total. The molecule has 0 aliphatic heterocycles. The zero-order valence-electron chi connectivity index (χ0n) is 9.94. The summed E-state index contributed by atoms with van der Waals surface area (Å²) in [7, 11) is 1.80. The molecule has 0 bridgehead atoms. The maximum Gasteiger partial charge on any atom is 0.0802 e. The number of nitrogens with zero attached hydrogens (tertiary/aromatic N) is 2. The maximum atomic E-state index is 5.56. The van der Waals surface area contributed by atoms with Crippen LogP contribution in [0.1, 0.15) is 37.9 Å². The van der Waals surface area contributed by atoms with Gasteiger partial charge in [-0.1, -0.05) is 0 Å². The molecule has 16 heavy (non-hydrogen) atoms. The Hall–Kier alpha value is -1.00. The SMILES string of the molecule is COC1(CNC(C)c2cnccn2)CCC1. The van der Waals surface area contributed by atoms with E-state index in [1.807, 2.05) is 0 Å². The zero-order valence-corrected chi connectivity index (χ0v) is 9.94. The molecule has 0 radical (unpaired) electrons. The van der Waals surface area contributed by atoms with Crippen molar-refractivity contribution < 1.29 is 4.74 Å². The van der Waals surface area contributed by atoms with E-state index in [4.69, 9.17) is 4.74 Å². The first kappa shape index (κ1) is 11.5. The number of hydrogen-bond acceptors (Lipinski definition) is 4. The van der Waals surface area contributed by atoms with Crippen molar-refractivity contribution in [1.82, 2.24) is 15.3 Å². The molecule has 88 valence electrons. The van der Waals surface area contributed by atoms with E-state index in [2.05, 4.69) is 22.2 Å². The van der Waals surface area contributed by atoms with Crippen molar-refractivity contribution in [3.8, 4) is 0 Å². The summed E-state index contributed by atoms with van der Waals surface area (Å²) in [6.07, 6.45) is 8.81. The Morgan fingerprint density at radius 2 is 2.31 bits per heavy atom. The van der Waals surface area contributed by atoms with E-state index >= 15 is 0 Å². The lowest BCUT2D eigenvalue weighted by molar-refractivity contribution is -0.0707. The largest absolute Gasteiger partial charge is 0.377 e. The lowest BCUT2D eigenvalue weighted by Gasteiger charge is -2.41. The average molecular weight is 221 g/mol. The Morgan fingerprint density at radius 1 is 1.50 bits per heavy atom. The Morgan fingerprint density at radius 3 is 2.81 bits per heavy atom. The number of ether oxygens (including phenoxy) is 1. The number of methoxy groups -OCH3 is 1. The van der Waals surface area contributed by atoms with E-state index in [0.717, 1.165) is 25.1 Å². The van der Waals surface area contributed by atoms with Crippen LogP contribution in [-0.2, 0) is 4.74 Å². The lowest BCUT2D eigenvalue weighted by atomic mass is 9.80. The van der Waals surface area contributed by atoms with Gasteiger partial charge in [0.2, 0.25) is 0 Å². The highest BCUT2D eigenvalue weighted by Crippen LogP contribution is 2.34. The third-order valence-corrected chi connectivity index (χ3v) is 3.46. The molecule has 4 heteroatoms. The maximum absolute atomic E-state index is 5.56. The minimum Gasteiger partial charge on any atom is -0.377 e. The van der Waals surface area contributed by atoms with Gasteiger partial charge in [0.25, 0.3) is 0 Å². The first-order chi connectivity index (χ1) is 7.76. The molecule has 4 nitrogen and oxygen atoms in total. The third kappa shape index (κ3) is 2.39. The van der Waals surface area contributed by atoms with Crippen molar-refractivity contribution in [2.75, 3.05) is 13.7 Å². The normalized spacial score (nSPS) is 20.1. The van der Waals surface area contributed by atoms with Crippen LogP contribution in [0.4, 0.5) is 0 Å². The molecule has 0 amide bonds. The van der Waals surface area contributed by atoms with Crippen LogP contribution in [0.2, 0.25) is 0 Å². The fraction of sp³-hybridized carbons (Fsp3) is 0.667. The van der Waals surface area contributed by atoms with Gasteiger partial charge in [0.15, 0.2) is 0 Å². The van der Waals surface area contributed by atoms with Gasteiger partial charge < -0.3 is 10.1 Å². The number of rotatable bonds is 5. The van der Waals surface area contributed by atoms with Crippen LogP contribution >= 0.6 is 0 Å². The van der Waals surface area contributed by atoms with Crippen LogP contribution in [0.5, 0.6) is 0 Å². The molecule has 0 spiro atoms. The van der Waals surface area contributed by atoms with Crippen molar-refractivity contribution >= 4 is 0 Å². The van der Waals surface area contributed by atoms with Crippen molar-refractivity contribution in [2.24, 2.45) is 0 Å². The second kappa shape index (κ2) is 4.89. The summed E-state index contributed by atoms with van der Waals surface area (Å²) in [5.41, 5.74) is 1.05. The van der Waals surface area contributed by atoms with E-state index < -0.39 is 0 Å². The van der Waals surface area contributed by atoms with Gasteiger partial charge in [0.05, 0.1) is 11.3 Å². The van der Waals surface area contributed by atoms with Gasteiger partial charge in [-0.2, -0.15) is 0 Å². The quantitative estimate of drug-likeness (QED) is 0.822. The summed E-state index contributed by atoms with van der Waals surface area (Å²) in [6, 6.07) is 0.223. The molecule has 1 aromatic rings. The molecule has 1 unspecified atom stereocenters. The monoisotopic (exact) mass is 221 g/mol. The van der Waals surface area contributed by atoms with E-state index in [-0.39, 0.29) is 11.6 Å². The van der Waals surface area contributed by atoms with Gasteiger partial charge in [-0.3, -0.25) is 9.97 Å². The molecule has 1 aliphatic carbocycles. The van der Waals surface area contributed by atoms with E-state index in [0.29, 0.717) is 0 Å². The third-order valence-electron chi connectivity index (χ3n) is 3.46. The van der Waals surface area contributed by atoms with E-state index in [1.54, 1.807) is 25.7 Å². The number of hydrogen-bond donors (Lipinski definition) is 1. The van der Waals surface area contributed by atoms with Crippen molar-refractivity contribution in [3.63, 3.8) is 0 Å². The molecule has 1 fully saturated rings. The van der Waals surface area contributed by atoms with Crippen molar-refractivity contribution in [1.29, 1.82) is 0 Å². The highest BCUT2D eigenvalue weighted by molar-refractivity contribution is 5.02. The van der Waals surface area contributed by atoms with Gasteiger partial charge >= 0.3 is 0 Å². The van der Waals surface area contributed by atoms with Gasteiger partial charge in [-0.15, -0.1) is 0 Å². The fourth-order valence-corrected chi connectivity index (χ4v) is 2.00. The predicted octanol–water partition coefficient (Wildman–Crippen LogP) is 1.70. The van der Waals surface area contributed by atoms with Gasteiger partial charge in [0.1, 0.15) is 0 Å². The second-order valence-corrected chi connectivity index (χ2v) is 4.47. The first-order valence-corrected chi connectivity index (χ1v) is 5.80. The standard InChI is InChI=1S/C12H19N3O/c1-10(11-8-13-6-7-14-11)15-9-12(16-2)4-3-5-12/h6-8,10,15H,3-5,9H2,1-2H3. The van der Waals surface area contributed by atoms with E-state index in [9.17, 15) is 0 Å². The zero-order chi connectivity index (χ0) is 11.4. The van der Waals surface area contributed by atoms with Crippen LogP contribution in [0.25, 0.3) is 0 Å². The summed E-state index contributed by atoms with van der Waals surface area (Å²) in [5, 5.41) is 3.47. The van der Waals surface area contributed by atoms with E-state index in [1.165, 1.54) is 6.42 Å². The second-order valence-electron chi connectivity index (χ2n) is 4.47. The molecule has 0 saturated heterocycles. The van der Waals surface area contributed by atoms with Crippen molar-refractivity contribution in [2.45, 2.75) is 37.8 Å². The highest BCUT2D eigenvalue weighted by atomic mass is 16.5. The predicted molar refractivity (Wildman–Crippen MR) is 62.0 cm³/mol. The molecular formula is C12H19N3O. The Bertz CT molecular complexity index is 319. The molecule has 1 heterocycles. The molecule has 1 aromatic heterocycles. The summed E-state index contributed by atoms with van der Waals surface area (Å²) < 4.78 is 5.56. The van der Waals surface area contributed by atoms with Crippen LogP contribution in [0.15, 0.2) is 18.6 Å². The molecule has 1 aliphatic rings. The van der Waals surface area contributed by atoms with Crippen molar-refractivity contribution in [3.05, 3.63) is 24.3 Å². The molecular weight excluding hydrogens is 202 g/mol. The number of nitrogens with one attached hydrogen (secondary N) is 1. The number of aromatic nitrogens is 2. The molecule has 2 rings (SSSR count). The van der Waals surface area contributed by atoms with Crippen LogP contribution in [0, 0.1) is 0 Å². The minimum atomic E-state index is 0.0659. The Balaban J connectivity index is 1.86. The summed E-state index contributed by atoms with van der Waals surface area (Å²) >= 11 is 0. The summed E-state index contributed by atoms with van der Waals surface area (Å²) in [4.78, 5) is 8.35. The lowest BCUT2D eigenvalue weighted by Crippen LogP contribution is -2.48. The van der Waals surface area contributed by atoms with Crippen LogP contribution in [0.3, 0.4) is 0 Å². The fourth-order valence-electron chi connectivity index (χ4n) is 2.00. The smallest absolute Gasteiger partial charge is 0.0802 e. The molecule has 1 saturated carbocycles. The Kier molecular flexibility index (Phi) is 3.51. The first-order valence-electron chi connectivity index (χ1n) is 5.80. The van der Waals surface area contributed by atoms with Gasteiger partial charge in [-0.05, 0) is 26.2 Å². The van der Waals surface area contributed by atoms with Gasteiger partial charge in [-0.25, -0.2) is 0 Å². The highest BCUT2D eigenvalue weighted by Gasteiger charge is 2.36. The Labute approximate surface area is 96.4 Å². The molecule has 1 atom stereocenters. The average Bonchev–Trinajstić information content (AvgIpc) is 2.29. The summed E-state index contributed by atoms with van der Waals surface area (Å²) in [5.74, 6) is 0. The van der Waals surface area contributed by atoms with Gasteiger partial charge in [0, 0.05) is 38.3 Å². The van der Waals surface area contributed by atoms with Crippen LogP contribution in [-0.4, -0.2) is 29.2 Å². The molecule has 0 aromatic carbocycles. The topological polar surface area (TPSA) is 47.0 Å².